The van der Waals surface area contributed by atoms with Gasteiger partial charge < -0.3 is 15.7 Å². The molecule has 0 aromatic heterocycles. The molecule has 0 saturated carbocycles. The lowest BCUT2D eigenvalue weighted by Gasteiger charge is -2.28. The summed E-state index contributed by atoms with van der Waals surface area (Å²) >= 11 is 1.56. The lowest BCUT2D eigenvalue weighted by Crippen LogP contribution is -2.51. The summed E-state index contributed by atoms with van der Waals surface area (Å²) in [5.41, 5.74) is -0.0602. The maximum atomic E-state index is 11.7. The number of carbonyl (C=O) groups is 2. The van der Waals surface area contributed by atoms with Crippen molar-refractivity contribution in [3.63, 3.8) is 0 Å². The molecule has 0 bridgehead atoms. The van der Waals surface area contributed by atoms with Crippen LogP contribution in [0.2, 0.25) is 0 Å². The number of carboxylic acids is 1. The van der Waals surface area contributed by atoms with Crippen LogP contribution in [0.5, 0.6) is 0 Å². The normalized spacial score (nSPS) is 14.7. The highest BCUT2D eigenvalue weighted by Crippen LogP contribution is 2.18. The van der Waals surface area contributed by atoms with Crippen molar-refractivity contribution in [2.24, 2.45) is 5.41 Å². The summed E-state index contributed by atoms with van der Waals surface area (Å²) in [5, 5.41) is 14.2. The lowest BCUT2D eigenvalue weighted by molar-refractivity contribution is -0.139. The number of carbonyl (C=O) groups excluding carboxylic acids is 1. The summed E-state index contributed by atoms with van der Waals surface area (Å²) in [4.78, 5) is 22.7. The first-order chi connectivity index (χ1) is 8.18. The van der Waals surface area contributed by atoms with Crippen molar-refractivity contribution >= 4 is 23.8 Å². The second-order valence-corrected chi connectivity index (χ2v) is 6.36. The summed E-state index contributed by atoms with van der Waals surface area (Å²) in [6.45, 7) is 7.94. The van der Waals surface area contributed by atoms with Gasteiger partial charge in [0.15, 0.2) is 0 Å². The van der Waals surface area contributed by atoms with Crippen molar-refractivity contribution in [1.29, 1.82) is 0 Å². The highest BCUT2D eigenvalue weighted by Gasteiger charge is 2.24. The molecule has 0 saturated heterocycles. The molecular formula is C12H24N2O3S. The molecule has 3 N–H and O–H groups in total. The molecule has 106 valence electrons. The molecule has 2 atom stereocenters. The van der Waals surface area contributed by atoms with Crippen LogP contribution in [0, 0.1) is 5.41 Å². The van der Waals surface area contributed by atoms with Gasteiger partial charge in [-0.05, 0) is 30.8 Å². The fourth-order valence-corrected chi connectivity index (χ4v) is 1.58. The Labute approximate surface area is 113 Å². The monoisotopic (exact) mass is 276 g/mol. The van der Waals surface area contributed by atoms with Gasteiger partial charge in [-0.2, -0.15) is 11.8 Å². The largest absolute Gasteiger partial charge is 0.480 e. The number of urea groups is 1. The highest BCUT2D eigenvalue weighted by molar-refractivity contribution is 7.98. The molecule has 0 aliphatic rings. The minimum atomic E-state index is -0.998. The summed E-state index contributed by atoms with van der Waals surface area (Å²) in [7, 11) is 0. The van der Waals surface area contributed by atoms with E-state index in [0.717, 1.165) is 0 Å². The van der Waals surface area contributed by atoms with Crippen LogP contribution < -0.4 is 10.6 Å². The maximum absolute atomic E-state index is 11.7. The van der Waals surface area contributed by atoms with Crippen LogP contribution in [0.1, 0.15) is 34.1 Å². The van der Waals surface area contributed by atoms with Gasteiger partial charge in [-0.3, -0.25) is 0 Å². The van der Waals surface area contributed by atoms with Gasteiger partial charge in [0.2, 0.25) is 0 Å². The van der Waals surface area contributed by atoms with E-state index < -0.39 is 18.0 Å². The number of thioether (sulfide) groups is 1. The first-order valence-electron chi connectivity index (χ1n) is 5.97. The van der Waals surface area contributed by atoms with Crippen molar-refractivity contribution in [2.45, 2.75) is 46.2 Å². The molecule has 0 aromatic rings. The minimum absolute atomic E-state index is 0.0347. The third-order valence-electron chi connectivity index (χ3n) is 2.86. The molecule has 5 nitrogen and oxygen atoms in total. The fourth-order valence-electron chi connectivity index (χ4n) is 1.11. The van der Waals surface area contributed by atoms with E-state index in [2.05, 4.69) is 10.6 Å². The quantitative estimate of drug-likeness (QED) is 0.692. The van der Waals surface area contributed by atoms with Crippen LogP contribution in [0.3, 0.4) is 0 Å². The lowest BCUT2D eigenvalue weighted by atomic mass is 9.88. The van der Waals surface area contributed by atoms with Gasteiger partial charge in [-0.25, -0.2) is 9.59 Å². The molecule has 0 rings (SSSR count). The molecule has 18 heavy (non-hydrogen) atoms. The molecule has 0 heterocycles. The van der Waals surface area contributed by atoms with Gasteiger partial charge in [-0.1, -0.05) is 20.8 Å². The molecule has 0 radical (unpaired) electrons. The van der Waals surface area contributed by atoms with Crippen LogP contribution in [0.25, 0.3) is 0 Å². The molecule has 2 amide bonds. The number of rotatable bonds is 6. The van der Waals surface area contributed by atoms with Crippen LogP contribution in [0.15, 0.2) is 0 Å². The van der Waals surface area contributed by atoms with E-state index in [-0.39, 0.29) is 11.5 Å². The van der Waals surface area contributed by atoms with Gasteiger partial charge in [0, 0.05) is 6.04 Å². The minimum Gasteiger partial charge on any atom is -0.480 e. The summed E-state index contributed by atoms with van der Waals surface area (Å²) < 4.78 is 0. The first-order valence-corrected chi connectivity index (χ1v) is 7.36. The number of carboxylic acid groups (broad SMARTS) is 1. The Bertz CT molecular complexity index is 290. The van der Waals surface area contributed by atoms with E-state index in [1.54, 1.807) is 11.8 Å². The Kier molecular flexibility index (Phi) is 7.13. The zero-order valence-electron chi connectivity index (χ0n) is 11.7. The average molecular weight is 276 g/mol. The Morgan fingerprint density at radius 1 is 1.28 bits per heavy atom. The second kappa shape index (κ2) is 7.51. The number of nitrogens with one attached hydrogen (secondary N) is 2. The third kappa shape index (κ3) is 6.74. The Morgan fingerprint density at radius 3 is 2.22 bits per heavy atom. The molecule has 0 aromatic carbocycles. The van der Waals surface area contributed by atoms with Crippen LogP contribution in [-0.4, -0.2) is 41.2 Å². The van der Waals surface area contributed by atoms with Crippen molar-refractivity contribution in [2.75, 3.05) is 12.0 Å². The smallest absolute Gasteiger partial charge is 0.326 e. The number of amides is 2. The third-order valence-corrected chi connectivity index (χ3v) is 3.50. The maximum Gasteiger partial charge on any atom is 0.326 e. The Morgan fingerprint density at radius 2 is 1.83 bits per heavy atom. The topological polar surface area (TPSA) is 78.4 Å². The van der Waals surface area contributed by atoms with Crippen molar-refractivity contribution in [3.05, 3.63) is 0 Å². The van der Waals surface area contributed by atoms with E-state index in [4.69, 9.17) is 5.11 Å². The molecule has 6 heteroatoms. The predicted octanol–water partition coefficient (Wildman–Crippen LogP) is 1.93. The Balaban J connectivity index is 4.30. The van der Waals surface area contributed by atoms with Gasteiger partial charge in [0.1, 0.15) is 6.04 Å². The van der Waals surface area contributed by atoms with Gasteiger partial charge in [-0.15, -0.1) is 0 Å². The molecule has 0 fully saturated rings. The molecule has 0 aliphatic heterocycles. The van der Waals surface area contributed by atoms with Crippen LogP contribution in [0.4, 0.5) is 4.79 Å². The second-order valence-electron chi connectivity index (χ2n) is 5.38. The van der Waals surface area contributed by atoms with E-state index in [1.807, 2.05) is 34.0 Å². The van der Waals surface area contributed by atoms with Crippen LogP contribution in [-0.2, 0) is 4.79 Å². The number of hydrogen-bond donors (Lipinski definition) is 3. The molecular weight excluding hydrogens is 252 g/mol. The van der Waals surface area contributed by atoms with Crippen molar-refractivity contribution in [3.8, 4) is 0 Å². The molecule has 0 spiro atoms. The molecule has 1 unspecified atom stereocenters. The van der Waals surface area contributed by atoms with E-state index in [0.29, 0.717) is 12.2 Å². The van der Waals surface area contributed by atoms with Gasteiger partial charge in [0.05, 0.1) is 0 Å². The van der Waals surface area contributed by atoms with E-state index in [9.17, 15) is 9.59 Å². The Hall–Kier alpha value is -0.910. The number of hydrogen-bond acceptors (Lipinski definition) is 3. The molecule has 0 aliphatic carbocycles. The SMILES string of the molecule is CSCC[C@@H](NC(=O)NC(C)C(C)(C)C)C(=O)O. The van der Waals surface area contributed by atoms with E-state index in [1.165, 1.54) is 0 Å². The van der Waals surface area contributed by atoms with Crippen molar-refractivity contribution in [1.82, 2.24) is 10.6 Å². The van der Waals surface area contributed by atoms with Gasteiger partial charge in [0.25, 0.3) is 0 Å². The van der Waals surface area contributed by atoms with Crippen LogP contribution >= 0.6 is 11.8 Å². The summed E-state index contributed by atoms with van der Waals surface area (Å²) in [6, 6.07) is -1.29. The average Bonchev–Trinajstić information content (AvgIpc) is 2.22. The standard InChI is InChI=1S/C12H24N2O3S/c1-8(12(2,3)4)13-11(17)14-9(10(15)16)6-7-18-5/h8-9H,6-7H2,1-5H3,(H,15,16)(H2,13,14,17)/t8?,9-/m1/s1. The fraction of sp³-hybridized carbons (Fsp3) is 0.833. The van der Waals surface area contributed by atoms with Crippen molar-refractivity contribution < 1.29 is 14.7 Å². The first kappa shape index (κ1) is 17.1. The van der Waals surface area contributed by atoms with Gasteiger partial charge >= 0.3 is 12.0 Å². The number of aliphatic carboxylic acids is 1. The predicted molar refractivity (Wildman–Crippen MR) is 75.0 cm³/mol. The summed E-state index contributed by atoms with van der Waals surface area (Å²) in [5.74, 6) is -0.297. The van der Waals surface area contributed by atoms with E-state index >= 15 is 0 Å². The zero-order chi connectivity index (χ0) is 14.3. The zero-order valence-corrected chi connectivity index (χ0v) is 12.6. The summed E-state index contributed by atoms with van der Waals surface area (Å²) in [6.07, 6.45) is 2.33. The highest BCUT2D eigenvalue weighted by atomic mass is 32.2.